The molecule has 0 saturated carbocycles. The lowest BCUT2D eigenvalue weighted by atomic mass is 10.1. The summed E-state index contributed by atoms with van der Waals surface area (Å²) in [7, 11) is 3.52. The number of methoxy groups -OCH3 is 1. The maximum Gasteiger partial charge on any atom is 0.230 e. The van der Waals surface area contributed by atoms with Gasteiger partial charge in [0.25, 0.3) is 0 Å². The van der Waals surface area contributed by atoms with Crippen LogP contribution in [0, 0.1) is 5.92 Å². The highest BCUT2D eigenvalue weighted by Gasteiger charge is 2.16. The van der Waals surface area contributed by atoms with Crippen molar-refractivity contribution in [3.8, 4) is 17.1 Å². The van der Waals surface area contributed by atoms with Crippen molar-refractivity contribution in [1.29, 1.82) is 0 Å². The average molecular weight is 348 g/mol. The number of rotatable bonds is 7. The third kappa shape index (κ3) is 4.29. The normalized spacial score (nSPS) is 12.2. The van der Waals surface area contributed by atoms with Crippen molar-refractivity contribution in [1.82, 2.24) is 20.1 Å². The van der Waals surface area contributed by atoms with Gasteiger partial charge in [0.15, 0.2) is 11.0 Å². The van der Waals surface area contributed by atoms with E-state index in [1.54, 1.807) is 7.11 Å². The number of carbonyl (C=O) groups excluding carboxylic acids is 1. The number of hydrogen-bond acceptors (Lipinski definition) is 5. The Hall–Kier alpha value is -2.02. The number of ether oxygens (including phenoxy) is 1. The van der Waals surface area contributed by atoms with Crippen LogP contribution in [0.2, 0.25) is 0 Å². The quantitative estimate of drug-likeness (QED) is 0.779. The van der Waals surface area contributed by atoms with Gasteiger partial charge in [0, 0.05) is 13.1 Å². The summed E-state index contributed by atoms with van der Waals surface area (Å²) >= 11 is 1.37. The third-order valence-corrected chi connectivity index (χ3v) is 4.92. The van der Waals surface area contributed by atoms with Gasteiger partial charge in [-0.15, -0.1) is 10.2 Å². The van der Waals surface area contributed by atoms with Crippen molar-refractivity contribution in [3.05, 3.63) is 24.3 Å². The van der Waals surface area contributed by atoms with E-state index in [-0.39, 0.29) is 11.9 Å². The summed E-state index contributed by atoms with van der Waals surface area (Å²) in [6.07, 6.45) is 0. The number of carbonyl (C=O) groups is 1. The van der Waals surface area contributed by atoms with Crippen LogP contribution in [-0.4, -0.2) is 39.6 Å². The summed E-state index contributed by atoms with van der Waals surface area (Å²) in [5.41, 5.74) is 0.875. The van der Waals surface area contributed by atoms with Gasteiger partial charge < -0.3 is 14.6 Å². The molecule has 0 aliphatic carbocycles. The van der Waals surface area contributed by atoms with Gasteiger partial charge in [-0.25, -0.2) is 0 Å². The Kier molecular flexibility index (Phi) is 6.25. The number of hydrogen-bond donors (Lipinski definition) is 1. The second-order valence-electron chi connectivity index (χ2n) is 5.95. The van der Waals surface area contributed by atoms with E-state index in [1.807, 2.05) is 42.8 Å². The van der Waals surface area contributed by atoms with Gasteiger partial charge in [-0.2, -0.15) is 0 Å². The lowest BCUT2D eigenvalue weighted by Crippen LogP contribution is -2.37. The summed E-state index contributed by atoms with van der Waals surface area (Å²) in [4.78, 5) is 12.0. The second kappa shape index (κ2) is 8.19. The second-order valence-corrected chi connectivity index (χ2v) is 6.90. The molecule has 1 aromatic carbocycles. The fourth-order valence-electron chi connectivity index (χ4n) is 2.10. The molecule has 2 rings (SSSR count). The molecule has 0 saturated heterocycles. The van der Waals surface area contributed by atoms with Crippen molar-refractivity contribution < 1.29 is 9.53 Å². The molecule has 24 heavy (non-hydrogen) atoms. The zero-order valence-electron chi connectivity index (χ0n) is 14.7. The predicted octanol–water partition coefficient (Wildman–Crippen LogP) is 2.74. The van der Waals surface area contributed by atoms with Gasteiger partial charge in [-0.1, -0.05) is 37.7 Å². The van der Waals surface area contributed by atoms with Crippen LogP contribution in [0.4, 0.5) is 0 Å². The van der Waals surface area contributed by atoms with E-state index in [1.165, 1.54) is 11.8 Å². The summed E-state index contributed by atoms with van der Waals surface area (Å²) < 4.78 is 7.25. The Morgan fingerprint density at radius 2 is 2.00 bits per heavy atom. The first kappa shape index (κ1) is 18.3. The fraction of sp³-hybridized carbons (Fsp3) is 0.471. The molecule has 6 nitrogen and oxygen atoms in total. The first-order valence-electron chi connectivity index (χ1n) is 7.89. The first-order valence-corrected chi connectivity index (χ1v) is 8.87. The van der Waals surface area contributed by atoms with E-state index in [9.17, 15) is 4.79 Å². The SMILES string of the molecule is COc1ccccc1-c1nnc(SCC(=O)N[C@H](C)C(C)C)n1C. The van der Waals surface area contributed by atoms with E-state index >= 15 is 0 Å². The summed E-state index contributed by atoms with van der Waals surface area (Å²) in [5, 5.41) is 12.1. The number of aromatic nitrogens is 3. The first-order chi connectivity index (χ1) is 11.4. The molecule has 0 unspecified atom stereocenters. The fourth-order valence-corrected chi connectivity index (χ4v) is 2.82. The minimum absolute atomic E-state index is 0.00282. The molecule has 1 amide bonds. The molecular weight excluding hydrogens is 324 g/mol. The maximum atomic E-state index is 12.0. The number of para-hydroxylation sites is 1. The van der Waals surface area contributed by atoms with Crippen molar-refractivity contribution in [2.24, 2.45) is 13.0 Å². The summed E-state index contributed by atoms with van der Waals surface area (Å²) in [6.45, 7) is 6.18. The van der Waals surface area contributed by atoms with Gasteiger partial charge in [0.2, 0.25) is 5.91 Å². The van der Waals surface area contributed by atoms with Gasteiger partial charge >= 0.3 is 0 Å². The van der Waals surface area contributed by atoms with E-state index in [0.717, 1.165) is 11.3 Å². The molecule has 0 aliphatic heterocycles. The number of amides is 1. The van der Waals surface area contributed by atoms with E-state index in [2.05, 4.69) is 29.4 Å². The Balaban J connectivity index is 2.07. The van der Waals surface area contributed by atoms with Gasteiger partial charge in [0.1, 0.15) is 5.75 Å². The largest absolute Gasteiger partial charge is 0.496 e. The summed E-state index contributed by atoms with van der Waals surface area (Å²) in [6, 6.07) is 7.82. The molecule has 1 atom stereocenters. The lowest BCUT2D eigenvalue weighted by molar-refractivity contribution is -0.119. The smallest absolute Gasteiger partial charge is 0.230 e. The van der Waals surface area contributed by atoms with E-state index in [0.29, 0.717) is 22.7 Å². The molecule has 130 valence electrons. The van der Waals surface area contributed by atoms with Crippen molar-refractivity contribution in [2.45, 2.75) is 32.0 Å². The third-order valence-electron chi connectivity index (χ3n) is 3.90. The zero-order valence-corrected chi connectivity index (χ0v) is 15.6. The van der Waals surface area contributed by atoms with Crippen LogP contribution in [0.1, 0.15) is 20.8 Å². The molecular formula is C17H24N4O2S. The minimum Gasteiger partial charge on any atom is -0.496 e. The molecule has 1 heterocycles. The molecule has 0 fully saturated rings. The van der Waals surface area contributed by atoms with Gasteiger partial charge in [0.05, 0.1) is 18.4 Å². The van der Waals surface area contributed by atoms with Crippen molar-refractivity contribution in [2.75, 3.05) is 12.9 Å². The van der Waals surface area contributed by atoms with Crippen molar-refractivity contribution >= 4 is 17.7 Å². The average Bonchev–Trinajstić information content (AvgIpc) is 2.93. The van der Waals surface area contributed by atoms with Crippen LogP contribution < -0.4 is 10.1 Å². The van der Waals surface area contributed by atoms with E-state index < -0.39 is 0 Å². The molecule has 0 bridgehead atoms. The van der Waals surface area contributed by atoms with E-state index in [4.69, 9.17) is 4.74 Å². The van der Waals surface area contributed by atoms with Crippen LogP contribution in [-0.2, 0) is 11.8 Å². The van der Waals surface area contributed by atoms with Crippen LogP contribution in [0.5, 0.6) is 5.75 Å². The zero-order chi connectivity index (χ0) is 17.7. The Labute approximate surface area is 147 Å². The molecule has 0 aliphatic rings. The minimum atomic E-state index is 0.00282. The monoisotopic (exact) mass is 348 g/mol. The highest BCUT2D eigenvalue weighted by molar-refractivity contribution is 7.99. The molecule has 0 spiro atoms. The number of thioether (sulfide) groups is 1. The molecule has 1 aromatic heterocycles. The maximum absolute atomic E-state index is 12.0. The van der Waals surface area contributed by atoms with Crippen LogP contribution >= 0.6 is 11.8 Å². The molecule has 0 radical (unpaired) electrons. The van der Waals surface area contributed by atoms with Crippen LogP contribution in [0.15, 0.2) is 29.4 Å². The highest BCUT2D eigenvalue weighted by Crippen LogP contribution is 2.29. The van der Waals surface area contributed by atoms with Crippen LogP contribution in [0.3, 0.4) is 0 Å². The molecule has 2 aromatic rings. The van der Waals surface area contributed by atoms with Crippen LogP contribution in [0.25, 0.3) is 11.4 Å². The Bertz CT molecular complexity index is 700. The lowest BCUT2D eigenvalue weighted by Gasteiger charge is -2.17. The number of nitrogens with zero attached hydrogens (tertiary/aromatic N) is 3. The standard InChI is InChI=1S/C17H24N4O2S/c1-11(2)12(3)18-15(22)10-24-17-20-19-16(21(17)4)13-8-6-7-9-14(13)23-5/h6-9,11-12H,10H2,1-5H3,(H,18,22)/t12-/m1/s1. The highest BCUT2D eigenvalue weighted by atomic mass is 32.2. The predicted molar refractivity (Wildman–Crippen MR) is 96.2 cm³/mol. The number of benzene rings is 1. The number of nitrogens with one attached hydrogen (secondary N) is 1. The van der Waals surface area contributed by atoms with Gasteiger partial charge in [-0.3, -0.25) is 4.79 Å². The Morgan fingerprint density at radius 1 is 1.29 bits per heavy atom. The molecule has 1 N–H and O–H groups in total. The van der Waals surface area contributed by atoms with Crippen molar-refractivity contribution in [3.63, 3.8) is 0 Å². The summed E-state index contributed by atoms with van der Waals surface area (Å²) in [5.74, 6) is 2.18. The Morgan fingerprint density at radius 3 is 2.67 bits per heavy atom. The van der Waals surface area contributed by atoms with Gasteiger partial charge in [-0.05, 0) is 25.0 Å². The topological polar surface area (TPSA) is 69.0 Å². The molecule has 7 heteroatoms.